The molecule has 1 aromatic heterocycles. The average molecular weight is 463 g/mol. The van der Waals surface area contributed by atoms with Gasteiger partial charge in [0.15, 0.2) is 12.4 Å². The van der Waals surface area contributed by atoms with E-state index >= 15 is 0 Å². The first-order valence-corrected chi connectivity index (χ1v) is 11.3. The fourth-order valence-electron chi connectivity index (χ4n) is 3.48. The quantitative estimate of drug-likeness (QED) is 0.313. The minimum absolute atomic E-state index is 0.0785. The zero-order chi connectivity index (χ0) is 23.4. The lowest BCUT2D eigenvalue weighted by Crippen LogP contribution is -2.38. The molecule has 4 rings (SSSR count). The van der Waals surface area contributed by atoms with Crippen LogP contribution in [0.3, 0.4) is 0 Å². The van der Waals surface area contributed by atoms with E-state index in [2.05, 4.69) is 5.32 Å². The van der Waals surface area contributed by atoms with E-state index in [1.54, 1.807) is 23.5 Å². The number of thiophene rings is 1. The molecule has 2 aromatic carbocycles. The summed E-state index contributed by atoms with van der Waals surface area (Å²) in [4.78, 5) is 51.9. The molecule has 0 radical (unpaired) electrons. The lowest BCUT2D eigenvalue weighted by molar-refractivity contribution is -0.121. The van der Waals surface area contributed by atoms with Crippen LogP contribution in [0.5, 0.6) is 0 Å². The van der Waals surface area contributed by atoms with Gasteiger partial charge in [-0.25, -0.2) is 9.69 Å². The van der Waals surface area contributed by atoms with E-state index in [0.717, 1.165) is 15.3 Å². The Hall–Kier alpha value is -3.62. The summed E-state index contributed by atoms with van der Waals surface area (Å²) in [7, 11) is 0. The Kier molecular flexibility index (Phi) is 6.76. The summed E-state index contributed by atoms with van der Waals surface area (Å²) in [6, 6.07) is 16.3. The second kappa shape index (κ2) is 9.89. The second-order valence-electron chi connectivity index (χ2n) is 7.70. The Labute approximate surface area is 195 Å². The average Bonchev–Trinajstić information content (AvgIpc) is 3.44. The Morgan fingerprint density at radius 3 is 2.39 bits per heavy atom. The molecule has 1 aliphatic rings. The van der Waals surface area contributed by atoms with Crippen LogP contribution in [0.1, 0.15) is 37.6 Å². The summed E-state index contributed by atoms with van der Waals surface area (Å²) in [5.41, 5.74) is 2.11. The van der Waals surface area contributed by atoms with E-state index < -0.39 is 12.0 Å². The maximum absolute atomic E-state index is 12.7. The van der Waals surface area contributed by atoms with Crippen molar-refractivity contribution in [1.29, 1.82) is 0 Å². The van der Waals surface area contributed by atoms with Gasteiger partial charge in [-0.05, 0) is 42.6 Å². The molecule has 1 unspecified atom stereocenters. The summed E-state index contributed by atoms with van der Waals surface area (Å²) in [6.07, 6.45) is 0.0785. The molecule has 2 amide bonds. The van der Waals surface area contributed by atoms with Gasteiger partial charge in [0.1, 0.15) is 0 Å². The maximum atomic E-state index is 12.7. The number of ether oxygens (including phenoxy) is 1. The molecule has 0 aliphatic carbocycles. The van der Waals surface area contributed by atoms with Crippen LogP contribution in [0.25, 0.3) is 0 Å². The fraction of sp³-hybridized carbons (Fsp3) is 0.200. The number of anilines is 1. The third kappa shape index (κ3) is 5.24. The van der Waals surface area contributed by atoms with E-state index in [1.807, 2.05) is 36.6 Å². The molecule has 8 heteroatoms. The first kappa shape index (κ1) is 22.6. The Bertz CT molecular complexity index is 1170. The number of carbonyl (C=O) groups is 4. The van der Waals surface area contributed by atoms with Gasteiger partial charge in [0, 0.05) is 17.0 Å². The molecule has 2 heterocycles. The molecule has 7 nitrogen and oxygen atoms in total. The van der Waals surface area contributed by atoms with Gasteiger partial charge < -0.3 is 10.1 Å². The molecular weight excluding hydrogens is 440 g/mol. The van der Waals surface area contributed by atoms with Crippen molar-refractivity contribution in [2.75, 3.05) is 11.5 Å². The molecule has 1 saturated heterocycles. The van der Waals surface area contributed by atoms with Crippen LogP contribution < -0.4 is 10.2 Å². The monoisotopic (exact) mass is 462 g/mol. The van der Waals surface area contributed by atoms with Crippen LogP contribution in [0.15, 0.2) is 66.0 Å². The van der Waals surface area contributed by atoms with Crippen molar-refractivity contribution in [2.24, 2.45) is 0 Å². The standard InChI is InChI=1S/C25H22N2O5S/c1-16-4-6-17(7-5-16)22(28)15-32-25(31)18-8-10-19(11-9-18)27-23(29)13-21(24(27)30)26-14-20-3-2-12-33-20/h2-12,21,26H,13-15H2,1H3. The minimum atomic E-state index is -0.656. The Morgan fingerprint density at radius 1 is 1.03 bits per heavy atom. The SMILES string of the molecule is Cc1ccc(C(=O)COC(=O)c2ccc(N3C(=O)CC(NCc4cccs4)C3=O)cc2)cc1. The highest BCUT2D eigenvalue weighted by Gasteiger charge is 2.39. The Balaban J connectivity index is 1.34. The van der Waals surface area contributed by atoms with Gasteiger partial charge in [0.05, 0.1) is 23.7 Å². The highest BCUT2D eigenvalue weighted by Crippen LogP contribution is 2.24. The normalized spacial score (nSPS) is 15.7. The molecule has 0 saturated carbocycles. The molecule has 1 aliphatic heterocycles. The highest BCUT2D eigenvalue weighted by atomic mass is 32.1. The minimum Gasteiger partial charge on any atom is -0.454 e. The number of ketones is 1. The molecular formula is C25H22N2O5S. The predicted octanol–water partition coefficient (Wildman–Crippen LogP) is 3.52. The number of nitrogens with zero attached hydrogens (tertiary/aromatic N) is 1. The van der Waals surface area contributed by atoms with E-state index in [0.29, 0.717) is 17.8 Å². The lowest BCUT2D eigenvalue weighted by Gasteiger charge is -2.16. The zero-order valence-electron chi connectivity index (χ0n) is 17.9. The molecule has 1 atom stereocenters. The maximum Gasteiger partial charge on any atom is 0.338 e. The smallest absolute Gasteiger partial charge is 0.338 e. The van der Waals surface area contributed by atoms with Crippen LogP contribution in [0, 0.1) is 6.92 Å². The molecule has 3 aromatic rings. The number of Topliss-reactive ketones (excluding diaryl/α,β-unsaturated/α-hetero) is 1. The third-order valence-electron chi connectivity index (χ3n) is 5.32. The largest absolute Gasteiger partial charge is 0.454 e. The number of esters is 1. The van der Waals surface area contributed by atoms with Crippen molar-refractivity contribution in [1.82, 2.24) is 5.32 Å². The molecule has 1 fully saturated rings. The summed E-state index contributed by atoms with van der Waals surface area (Å²) in [5.74, 6) is -1.58. The number of hydrogen-bond donors (Lipinski definition) is 1. The second-order valence-corrected chi connectivity index (χ2v) is 8.73. The molecule has 0 bridgehead atoms. The summed E-state index contributed by atoms with van der Waals surface area (Å²) in [6.45, 7) is 2.06. The first-order chi connectivity index (χ1) is 15.9. The van der Waals surface area contributed by atoms with Gasteiger partial charge >= 0.3 is 5.97 Å². The first-order valence-electron chi connectivity index (χ1n) is 10.4. The number of amides is 2. The predicted molar refractivity (Wildman–Crippen MR) is 124 cm³/mol. The van der Waals surface area contributed by atoms with Crippen molar-refractivity contribution in [3.63, 3.8) is 0 Å². The number of nitrogens with one attached hydrogen (secondary N) is 1. The lowest BCUT2D eigenvalue weighted by atomic mass is 10.1. The molecule has 0 spiro atoms. The van der Waals surface area contributed by atoms with Gasteiger partial charge in [0.25, 0.3) is 5.91 Å². The van der Waals surface area contributed by atoms with E-state index in [4.69, 9.17) is 4.74 Å². The van der Waals surface area contributed by atoms with Crippen molar-refractivity contribution in [3.8, 4) is 0 Å². The number of aryl methyl sites for hydroxylation is 1. The van der Waals surface area contributed by atoms with Crippen molar-refractivity contribution < 1.29 is 23.9 Å². The summed E-state index contributed by atoms with van der Waals surface area (Å²) < 4.78 is 5.12. The van der Waals surface area contributed by atoms with Crippen LogP contribution in [-0.2, 0) is 20.9 Å². The fourth-order valence-corrected chi connectivity index (χ4v) is 4.14. The molecule has 1 N–H and O–H groups in total. The number of imide groups is 1. The summed E-state index contributed by atoms with van der Waals surface area (Å²) >= 11 is 1.58. The number of benzene rings is 2. The van der Waals surface area contributed by atoms with Crippen molar-refractivity contribution in [2.45, 2.75) is 25.9 Å². The topological polar surface area (TPSA) is 92.8 Å². The van der Waals surface area contributed by atoms with Crippen LogP contribution >= 0.6 is 11.3 Å². The van der Waals surface area contributed by atoms with Crippen molar-refractivity contribution >= 4 is 40.6 Å². The number of rotatable bonds is 8. The van der Waals surface area contributed by atoms with Gasteiger partial charge in [-0.3, -0.25) is 14.4 Å². The van der Waals surface area contributed by atoms with E-state index in [1.165, 1.54) is 24.3 Å². The third-order valence-corrected chi connectivity index (χ3v) is 6.19. The van der Waals surface area contributed by atoms with Crippen LogP contribution in [0.2, 0.25) is 0 Å². The van der Waals surface area contributed by atoms with E-state index in [9.17, 15) is 19.2 Å². The Morgan fingerprint density at radius 2 is 1.73 bits per heavy atom. The van der Waals surface area contributed by atoms with Gasteiger partial charge in [-0.2, -0.15) is 0 Å². The van der Waals surface area contributed by atoms with Crippen LogP contribution in [0.4, 0.5) is 5.69 Å². The van der Waals surface area contributed by atoms with Gasteiger partial charge in [-0.1, -0.05) is 35.9 Å². The van der Waals surface area contributed by atoms with Crippen molar-refractivity contribution in [3.05, 3.63) is 87.6 Å². The number of carbonyl (C=O) groups excluding carboxylic acids is 4. The summed E-state index contributed by atoms with van der Waals surface area (Å²) in [5, 5.41) is 5.08. The highest BCUT2D eigenvalue weighted by molar-refractivity contribution is 7.09. The van der Waals surface area contributed by atoms with Gasteiger partial charge in [0.2, 0.25) is 5.91 Å². The van der Waals surface area contributed by atoms with Gasteiger partial charge in [-0.15, -0.1) is 11.3 Å². The molecule has 168 valence electrons. The van der Waals surface area contributed by atoms with E-state index in [-0.39, 0.29) is 36.2 Å². The number of hydrogen-bond acceptors (Lipinski definition) is 7. The molecule has 33 heavy (non-hydrogen) atoms. The zero-order valence-corrected chi connectivity index (χ0v) is 18.8. The van der Waals surface area contributed by atoms with Crippen LogP contribution in [-0.4, -0.2) is 36.2 Å².